The maximum atomic E-state index is 13.0. The predicted molar refractivity (Wildman–Crippen MR) is 75.5 cm³/mol. The van der Waals surface area contributed by atoms with Gasteiger partial charge in [-0.05, 0) is 30.7 Å². The molecule has 4 nitrogen and oxygen atoms in total. The number of hydrogen-bond donors (Lipinski definition) is 0. The number of hydrogen-bond acceptors (Lipinski definition) is 3. The molecule has 0 saturated heterocycles. The smallest absolute Gasteiger partial charge is 0.243 e. The Morgan fingerprint density at radius 3 is 2.63 bits per heavy atom. The monoisotopic (exact) mass is 353 g/mol. The van der Waals surface area contributed by atoms with Crippen molar-refractivity contribution in [1.82, 2.24) is 4.31 Å². The zero-order valence-electron chi connectivity index (χ0n) is 11.1. The predicted octanol–water partition coefficient (Wildman–Crippen LogP) is 2.16. The van der Waals surface area contributed by atoms with E-state index in [2.05, 4.69) is 15.9 Å². The molecule has 1 rings (SSSR count). The van der Waals surface area contributed by atoms with Crippen molar-refractivity contribution in [1.29, 1.82) is 0 Å². The largest absolute Gasteiger partial charge is 0.383 e. The van der Waals surface area contributed by atoms with Crippen LogP contribution in [0.15, 0.2) is 23.1 Å². The fraction of sp³-hybridized carbons (Fsp3) is 0.500. The first-order valence-electron chi connectivity index (χ1n) is 5.64. The van der Waals surface area contributed by atoms with E-state index in [-0.39, 0.29) is 16.3 Å². The maximum absolute atomic E-state index is 13.0. The van der Waals surface area contributed by atoms with E-state index in [0.29, 0.717) is 12.2 Å². The van der Waals surface area contributed by atoms with Crippen molar-refractivity contribution in [3.05, 3.63) is 29.6 Å². The lowest BCUT2D eigenvalue weighted by atomic mass is 10.2. The Labute approximate surface area is 121 Å². The molecule has 0 radical (unpaired) electrons. The Kier molecular flexibility index (Phi) is 5.91. The van der Waals surface area contributed by atoms with E-state index >= 15 is 0 Å². The molecule has 0 spiro atoms. The highest BCUT2D eigenvalue weighted by molar-refractivity contribution is 9.09. The summed E-state index contributed by atoms with van der Waals surface area (Å²) in [6, 6.07) is 3.64. The first-order valence-corrected chi connectivity index (χ1v) is 8.00. The van der Waals surface area contributed by atoms with Gasteiger partial charge in [-0.2, -0.15) is 4.31 Å². The van der Waals surface area contributed by atoms with Crippen LogP contribution in [-0.4, -0.2) is 44.9 Å². The SMILES string of the molecule is COCC(Br)CN(C)S(=O)(=O)c1ccc(F)cc1C. The number of halogens is 2. The molecule has 1 aromatic rings. The van der Waals surface area contributed by atoms with Gasteiger partial charge in [0.15, 0.2) is 0 Å². The van der Waals surface area contributed by atoms with E-state index in [1.807, 2.05) is 0 Å². The van der Waals surface area contributed by atoms with Crippen LogP contribution in [0.4, 0.5) is 4.39 Å². The Hall–Kier alpha value is -0.500. The first kappa shape index (κ1) is 16.6. The van der Waals surface area contributed by atoms with Gasteiger partial charge >= 0.3 is 0 Å². The number of methoxy groups -OCH3 is 1. The van der Waals surface area contributed by atoms with E-state index in [9.17, 15) is 12.8 Å². The molecule has 19 heavy (non-hydrogen) atoms. The van der Waals surface area contributed by atoms with Gasteiger partial charge in [-0.3, -0.25) is 0 Å². The summed E-state index contributed by atoms with van der Waals surface area (Å²) < 4.78 is 43.9. The average Bonchev–Trinajstić information content (AvgIpc) is 2.28. The van der Waals surface area contributed by atoms with Gasteiger partial charge in [0.2, 0.25) is 10.0 Å². The molecule has 108 valence electrons. The third-order valence-corrected chi connectivity index (χ3v) is 5.17. The van der Waals surface area contributed by atoms with Crippen LogP contribution >= 0.6 is 15.9 Å². The normalized spacial score (nSPS) is 13.8. The second-order valence-electron chi connectivity index (χ2n) is 4.25. The lowest BCUT2D eigenvalue weighted by Gasteiger charge is -2.21. The molecule has 0 aliphatic heterocycles. The Bertz CT molecular complexity index is 536. The molecule has 0 bridgehead atoms. The third-order valence-electron chi connectivity index (χ3n) is 2.63. The van der Waals surface area contributed by atoms with Crippen molar-refractivity contribution in [3.8, 4) is 0 Å². The molecular formula is C12H17BrFNO3S. The van der Waals surface area contributed by atoms with Gasteiger partial charge in [0, 0.05) is 20.7 Å². The Balaban J connectivity index is 2.97. The minimum Gasteiger partial charge on any atom is -0.383 e. The summed E-state index contributed by atoms with van der Waals surface area (Å²) in [5, 5.41) is 0. The van der Waals surface area contributed by atoms with E-state index in [0.717, 1.165) is 6.07 Å². The van der Waals surface area contributed by atoms with Crippen molar-refractivity contribution < 1.29 is 17.5 Å². The number of ether oxygens (including phenoxy) is 1. The fourth-order valence-corrected chi connectivity index (χ4v) is 3.99. The number of nitrogens with zero attached hydrogens (tertiary/aromatic N) is 1. The van der Waals surface area contributed by atoms with E-state index in [1.165, 1.54) is 23.5 Å². The number of alkyl halides is 1. The molecule has 0 N–H and O–H groups in total. The van der Waals surface area contributed by atoms with Crippen LogP contribution < -0.4 is 0 Å². The molecule has 7 heteroatoms. The van der Waals surface area contributed by atoms with Gasteiger partial charge in [-0.1, -0.05) is 15.9 Å². The number of aryl methyl sites for hydroxylation is 1. The molecule has 0 saturated carbocycles. The molecule has 0 aliphatic carbocycles. The van der Waals surface area contributed by atoms with Crippen molar-refractivity contribution in [2.75, 3.05) is 27.3 Å². The highest BCUT2D eigenvalue weighted by atomic mass is 79.9. The molecule has 0 amide bonds. The standard InChI is InChI=1S/C12H17BrFNO3S/c1-9-6-11(14)4-5-12(9)19(16,17)15(2)7-10(13)8-18-3/h4-6,10H,7-8H2,1-3H3. The van der Waals surface area contributed by atoms with Crippen LogP contribution in [0.5, 0.6) is 0 Å². The third kappa shape index (κ3) is 4.24. The van der Waals surface area contributed by atoms with Crippen molar-refractivity contribution >= 4 is 26.0 Å². The fourth-order valence-electron chi connectivity index (χ4n) is 1.68. The first-order chi connectivity index (χ1) is 8.78. The zero-order chi connectivity index (χ0) is 14.6. The van der Waals surface area contributed by atoms with Crippen molar-refractivity contribution in [2.45, 2.75) is 16.6 Å². The highest BCUT2D eigenvalue weighted by Crippen LogP contribution is 2.20. The van der Waals surface area contributed by atoms with Crippen molar-refractivity contribution in [2.24, 2.45) is 0 Å². The number of benzene rings is 1. The quantitative estimate of drug-likeness (QED) is 0.736. The lowest BCUT2D eigenvalue weighted by Crippen LogP contribution is -2.34. The maximum Gasteiger partial charge on any atom is 0.243 e. The molecule has 0 fully saturated rings. The van der Waals surface area contributed by atoms with Crippen LogP contribution in [0.2, 0.25) is 0 Å². The van der Waals surface area contributed by atoms with Crippen LogP contribution in [0.1, 0.15) is 5.56 Å². The summed E-state index contributed by atoms with van der Waals surface area (Å²) in [7, 11) is -0.582. The Morgan fingerprint density at radius 1 is 1.47 bits per heavy atom. The topological polar surface area (TPSA) is 46.6 Å². The molecule has 0 aromatic heterocycles. The second-order valence-corrected chi connectivity index (χ2v) is 7.56. The van der Waals surface area contributed by atoms with Crippen LogP contribution in [0, 0.1) is 12.7 Å². The molecule has 1 atom stereocenters. The second kappa shape index (κ2) is 6.78. The minimum atomic E-state index is -3.62. The minimum absolute atomic E-state index is 0.0990. The van der Waals surface area contributed by atoms with Crippen LogP contribution in [0.3, 0.4) is 0 Å². The zero-order valence-corrected chi connectivity index (χ0v) is 13.5. The molecular weight excluding hydrogens is 337 g/mol. The van der Waals surface area contributed by atoms with Gasteiger partial charge in [0.05, 0.1) is 16.3 Å². The Morgan fingerprint density at radius 2 is 2.11 bits per heavy atom. The summed E-state index contributed by atoms with van der Waals surface area (Å²) in [4.78, 5) is 0.0200. The summed E-state index contributed by atoms with van der Waals surface area (Å²) in [5.41, 5.74) is 0.393. The van der Waals surface area contributed by atoms with Gasteiger partial charge in [-0.15, -0.1) is 0 Å². The van der Waals surface area contributed by atoms with Gasteiger partial charge in [0.1, 0.15) is 5.82 Å². The highest BCUT2D eigenvalue weighted by Gasteiger charge is 2.24. The van der Waals surface area contributed by atoms with Crippen LogP contribution in [0.25, 0.3) is 0 Å². The molecule has 0 heterocycles. The summed E-state index contributed by atoms with van der Waals surface area (Å²) >= 11 is 3.34. The van der Waals surface area contributed by atoms with E-state index in [1.54, 1.807) is 14.0 Å². The van der Waals surface area contributed by atoms with Crippen LogP contribution in [-0.2, 0) is 14.8 Å². The van der Waals surface area contributed by atoms with Crippen molar-refractivity contribution in [3.63, 3.8) is 0 Å². The summed E-state index contributed by atoms with van der Waals surface area (Å²) in [6.07, 6.45) is 0. The number of sulfonamides is 1. The molecule has 1 unspecified atom stereocenters. The molecule has 1 aromatic carbocycles. The van der Waals surface area contributed by atoms with Gasteiger partial charge in [-0.25, -0.2) is 12.8 Å². The van der Waals surface area contributed by atoms with E-state index < -0.39 is 15.8 Å². The van der Waals surface area contributed by atoms with E-state index in [4.69, 9.17) is 4.74 Å². The van der Waals surface area contributed by atoms with Gasteiger partial charge in [0.25, 0.3) is 0 Å². The lowest BCUT2D eigenvalue weighted by molar-refractivity contribution is 0.195. The number of rotatable bonds is 6. The van der Waals surface area contributed by atoms with Gasteiger partial charge < -0.3 is 4.74 Å². The summed E-state index contributed by atoms with van der Waals surface area (Å²) in [6.45, 7) is 2.25. The molecule has 0 aliphatic rings. The summed E-state index contributed by atoms with van der Waals surface area (Å²) in [5.74, 6) is -0.447. The average molecular weight is 354 g/mol.